The molecular weight excluding hydrogens is 326 g/mol. The Morgan fingerprint density at radius 2 is 2.04 bits per heavy atom. The lowest BCUT2D eigenvalue weighted by Gasteiger charge is -2.33. The number of methoxy groups -OCH3 is 1. The number of aryl methyl sites for hydroxylation is 1. The molecule has 1 aliphatic rings. The van der Waals surface area contributed by atoms with Gasteiger partial charge in [0.25, 0.3) is 0 Å². The molecule has 0 saturated carbocycles. The van der Waals surface area contributed by atoms with Crippen molar-refractivity contribution in [2.75, 3.05) is 26.8 Å². The lowest BCUT2D eigenvalue weighted by Crippen LogP contribution is -2.38. The molecule has 1 aromatic heterocycles. The lowest BCUT2D eigenvalue weighted by molar-refractivity contribution is -0.0352. The summed E-state index contributed by atoms with van der Waals surface area (Å²) in [7, 11) is 1.73. The number of hydrogen-bond donors (Lipinski definition) is 0. The van der Waals surface area contributed by atoms with Crippen LogP contribution in [0.3, 0.4) is 0 Å². The van der Waals surface area contributed by atoms with Gasteiger partial charge in [-0.15, -0.1) is 0 Å². The summed E-state index contributed by atoms with van der Waals surface area (Å²) in [5.41, 5.74) is 3.04. The van der Waals surface area contributed by atoms with Gasteiger partial charge in [0.1, 0.15) is 11.9 Å². The summed E-state index contributed by atoms with van der Waals surface area (Å²) in [5, 5.41) is 2.47. The topological polar surface area (TPSA) is 47.5 Å². The summed E-state index contributed by atoms with van der Waals surface area (Å²) in [6.45, 7) is 5.14. The van der Waals surface area contributed by atoms with Crippen LogP contribution in [0.2, 0.25) is 0 Å². The molecule has 1 fully saturated rings. The minimum Gasteiger partial charge on any atom is -0.496 e. The van der Waals surface area contributed by atoms with E-state index >= 15 is 0 Å². The fourth-order valence-corrected chi connectivity index (χ4v) is 3.49. The van der Waals surface area contributed by atoms with E-state index in [4.69, 9.17) is 9.47 Å². The molecule has 0 bridgehead atoms. The molecular formula is C21H23N3O2. The molecule has 5 heteroatoms. The molecule has 0 N–H and O–H groups in total. The maximum Gasteiger partial charge on any atom is 0.123 e. The van der Waals surface area contributed by atoms with Gasteiger partial charge in [0.2, 0.25) is 0 Å². The van der Waals surface area contributed by atoms with Gasteiger partial charge in [0.05, 0.1) is 31.3 Å². The normalized spacial score (nSPS) is 18.2. The van der Waals surface area contributed by atoms with Crippen LogP contribution in [0.4, 0.5) is 0 Å². The van der Waals surface area contributed by atoms with Crippen LogP contribution in [0.15, 0.2) is 48.8 Å². The third-order valence-corrected chi connectivity index (χ3v) is 4.88. The van der Waals surface area contributed by atoms with Crippen LogP contribution in [-0.4, -0.2) is 41.7 Å². The Kier molecular flexibility index (Phi) is 4.82. The van der Waals surface area contributed by atoms with Crippen LogP contribution in [-0.2, 0) is 11.3 Å². The highest BCUT2D eigenvalue weighted by molar-refractivity contribution is 5.87. The molecule has 0 spiro atoms. The van der Waals surface area contributed by atoms with Crippen molar-refractivity contribution < 1.29 is 9.47 Å². The smallest absolute Gasteiger partial charge is 0.123 e. The van der Waals surface area contributed by atoms with Crippen molar-refractivity contribution in [2.24, 2.45) is 0 Å². The summed E-state index contributed by atoms with van der Waals surface area (Å²) in [5.74, 6) is 0.932. The minimum atomic E-state index is -0.0437. The van der Waals surface area contributed by atoms with Gasteiger partial charge in [-0.05, 0) is 23.8 Å². The Morgan fingerprint density at radius 1 is 1.15 bits per heavy atom. The fraction of sp³-hybridized carbons (Fsp3) is 0.333. The molecule has 0 radical (unpaired) electrons. The van der Waals surface area contributed by atoms with Crippen LogP contribution < -0.4 is 4.74 Å². The third kappa shape index (κ3) is 3.41. The second-order valence-corrected chi connectivity index (χ2v) is 6.64. The number of fused-ring (bicyclic) bond motifs is 1. The van der Waals surface area contributed by atoms with Crippen molar-refractivity contribution in [3.8, 4) is 5.75 Å². The number of benzene rings is 2. The van der Waals surface area contributed by atoms with Crippen molar-refractivity contribution in [1.29, 1.82) is 0 Å². The summed E-state index contributed by atoms with van der Waals surface area (Å²) >= 11 is 0. The first-order valence-corrected chi connectivity index (χ1v) is 8.91. The molecule has 2 aromatic carbocycles. The zero-order valence-corrected chi connectivity index (χ0v) is 15.2. The number of rotatable bonds is 4. The Balaban J connectivity index is 1.59. The van der Waals surface area contributed by atoms with Crippen molar-refractivity contribution in [2.45, 2.75) is 19.6 Å². The zero-order chi connectivity index (χ0) is 17.9. The van der Waals surface area contributed by atoms with Crippen LogP contribution in [0.5, 0.6) is 5.75 Å². The highest BCUT2D eigenvalue weighted by Crippen LogP contribution is 2.30. The van der Waals surface area contributed by atoms with E-state index < -0.39 is 0 Å². The van der Waals surface area contributed by atoms with Crippen LogP contribution in [0.1, 0.15) is 23.1 Å². The molecule has 2 heterocycles. The highest BCUT2D eigenvalue weighted by atomic mass is 16.5. The maximum absolute atomic E-state index is 5.94. The monoisotopic (exact) mass is 349 g/mol. The first kappa shape index (κ1) is 16.9. The van der Waals surface area contributed by atoms with Crippen LogP contribution >= 0.6 is 0 Å². The van der Waals surface area contributed by atoms with Crippen molar-refractivity contribution in [3.05, 3.63) is 65.7 Å². The predicted octanol–water partition coefficient (Wildman–Crippen LogP) is 3.52. The van der Waals surface area contributed by atoms with Gasteiger partial charge < -0.3 is 9.47 Å². The molecule has 1 unspecified atom stereocenters. The molecule has 5 nitrogen and oxygen atoms in total. The largest absolute Gasteiger partial charge is 0.496 e. The molecule has 3 aromatic rings. The Bertz CT molecular complexity index is 895. The summed E-state index contributed by atoms with van der Waals surface area (Å²) in [6.07, 6.45) is 3.57. The number of morpholine rings is 1. The van der Waals surface area contributed by atoms with Gasteiger partial charge in [0.15, 0.2) is 0 Å². The van der Waals surface area contributed by atoms with E-state index in [9.17, 15) is 0 Å². The average molecular weight is 349 g/mol. The fourth-order valence-electron chi connectivity index (χ4n) is 3.49. The highest BCUT2D eigenvalue weighted by Gasteiger charge is 2.24. The van der Waals surface area contributed by atoms with Gasteiger partial charge in [-0.1, -0.05) is 30.3 Å². The molecule has 1 atom stereocenters. The molecule has 0 aliphatic carbocycles. The second-order valence-electron chi connectivity index (χ2n) is 6.64. The summed E-state index contributed by atoms with van der Waals surface area (Å²) in [4.78, 5) is 11.2. The summed E-state index contributed by atoms with van der Waals surface area (Å²) in [6, 6.07) is 12.6. The average Bonchev–Trinajstić information content (AvgIpc) is 2.69. The lowest BCUT2D eigenvalue weighted by atomic mass is 10.0. The van der Waals surface area contributed by atoms with Gasteiger partial charge >= 0.3 is 0 Å². The zero-order valence-electron chi connectivity index (χ0n) is 15.2. The minimum absolute atomic E-state index is 0.0437. The van der Waals surface area contributed by atoms with E-state index in [2.05, 4.69) is 51.3 Å². The summed E-state index contributed by atoms with van der Waals surface area (Å²) < 4.78 is 11.6. The third-order valence-electron chi connectivity index (χ3n) is 4.88. The predicted molar refractivity (Wildman–Crippen MR) is 101 cm³/mol. The Morgan fingerprint density at radius 3 is 2.85 bits per heavy atom. The van der Waals surface area contributed by atoms with Gasteiger partial charge in [-0.25, -0.2) is 0 Å². The van der Waals surface area contributed by atoms with Gasteiger partial charge in [-0.3, -0.25) is 14.9 Å². The van der Waals surface area contributed by atoms with E-state index in [1.54, 1.807) is 13.3 Å². The van der Waals surface area contributed by atoms with E-state index in [1.165, 1.54) is 16.3 Å². The van der Waals surface area contributed by atoms with Gasteiger partial charge in [-0.2, -0.15) is 0 Å². The van der Waals surface area contributed by atoms with Crippen molar-refractivity contribution in [1.82, 2.24) is 14.9 Å². The number of nitrogens with zero attached hydrogens (tertiary/aromatic N) is 3. The Labute approximate surface area is 153 Å². The number of aromatic nitrogens is 2. The van der Waals surface area contributed by atoms with E-state index in [1.807, 2.05) is 13.1 Å². The number of ether oxygens (including phenoxy) is 2. The number of hydrogen-bond acceptors (Lipinski definition) is 5. The Hall–Kier alpha value is -2.50. The molecule has 134 valence electrons. The van der Waals surface area contributed by atoms with E-state index in [-0.39, 0.29) is 6.10 Å². The van der Waals surface area contributed by atoms with E-state index in [0.717, 1.165) is 36.8 Å². The molecule has 26 heavy (non-hydrogen) atoms. The quantitative estimate of drug-likeness (QED) is 0.721. The first-order valence-electron chi connectivity index (χ1n) is 8.91. The molecule has 0 amide bonds. The standard InChI is InChI=1S/C21H23N3O2/c1-15-11-23-19(12-22-15)21-14-24(9-10-26-21)13-18-17-6-4-3-5-16(17)7-8-20(18)25-2/h3-8,11-12,21H,9-10,13-14H2,1-2H3. The van der Waals surface area contributed by atoms with Crippen LogP contribution in [0, 0.1) is 6.92 Å². The van der Waals surface area contributed by atoms with E-state index in [0.29, 0.717) is 6.61 Å². The second kappa shape index (κ2) is 7.40. The molecule has 1 saturated heterocycles. The SMILES string of the molecule is COc1ccc2ccccc2c1CN1CCOC(c2cnc(C)cn2)C1. The maximum atomic E-state index is 5.94. The van der Waals surface area contributed by atoms with Crippen LogP contribution in [0.25, 0.3) is 10.8 Å². The van der Waals surface area contributed by atoms with Crippen molar-refractivity contribution in [3.63, 3.8) is 0 Å². The first-order chi connectivity index (χ1) is 12.7. The van der Waals surface area contributed by atoms with Crippen molar-refractivity contribution >= 4 is 10.8 Å². The molecule has 4 rings (SSSR count). The van der Waals surface area contributed by atoms with Gasteiger partial charge in [0, 0.05) is 31.4 Å². The molecule has 1 aliphatic heterocycles.